The molecule has 2 aliphatic rings. The average molecular weight is 412 g/mol. The second kappa shape index (κ2) is 8.05. The number of rotatable bonds is 5. The van der Waals surface area contributed by atoms with Crippen LogP contribution in [0.15, 0.2) is 53.6 Å². The summed E-state index contributed by atoms with van der Waals surface area (Å²) >= 11 is 0. The van der Waals surface area contributed by atoms with Crippen LogP contribution in [0.4, 0.5) is 0 Å². The molecule has 0 aromatic heterocycles. The largest absolute Gasteiger partial charge is 0.489 e. The number of para-hydroxylation sites is 1. The number of hydrogen-bond acceptors (Lipinski definition) is 6. The van der Waals surface area contributed by atoms with Gasteiger partial charge in [-0.1, -0.05) is 30.9 Å². The molecule has 2 amide bonds. The lowest BCUT2D eigenvalue weighted by Crippen LogP contribution is -2.49. The van der Waals surface area contributed by atoms with E-state index in [0.29, 0.717) is 11.3 Å². The number of carbonyl (C=O) groups is 2. The zero-order valence-electron chi connectivity index (χ0n) is 15.9. The topological polar surface area (TPSA) is 105 Å². The van der Waals surface area contributed by atoms with Gasteiger partial charge in [-0.3, -0.25) is 14.5 Å². The van der Waals surface area contributed by atoms with E-state index in [9.17, 15) is 23.3 Å². The highest BCUT2D eigenvalue weighted by molar-refractivity contribution is 7.91. The molecule has 2 aliphatic heterocycles. The first-order valence-corrected chi connectivity index (χ1v) is 10.8. The molecule has 150 valence electrons. The van der Waals surface area contributed by atoms with Gasteiger partial charge in [0.2, 0.25) is 0 Å². The van der Waals surface area contributed by atoms with E-state index < -0.39 is 27.7 Å². The number of imide groups is 1. The summed E-state index contributed by atoms with van der Waals surface area (Å²) in [5, 5.41) is 9.49. The Bertz CT molecular complexity index is 1090. The number of amides is 2. The Hall–Kier alpha value is -3.18. The van der Waals surface area contributed by atoms with E-state index in [4.69, 9.17) is 4.74 Å². The predicted molar refractivity (Wildman–Crippen MR) is 107 cm³/mol. The SMILES string of the molecule is C=CCOc1ccccc1C=C1C(=O)N(C2CCS(=O)(=O)C2)C(=O)C(C#N)=C1C. The van der Waals surface area contributed by atoms with E-state index >= 15 is 0 Å². The summed E-state index contributed by atoms with van der Waals surface area (Å²) in [4.78, 5) is 26.9. The van der Waals surface area contributed by atoms with Crippen LogP contribution in [0.1, 0.15) is 18.9 Å². The van der Waals surface area contributed by atoms with Gasteiger partial charge in [-0.05, 0) is 31.1 Å². The van der Waals surface area contributed by atoms with Crippen molar-refractivity contribution in [2.45, 2.75) is 19.4 Å². The van der Waals surface area contributed by atoms with Crippen LogP contribution in [0.25, 0.3) is 6.08 Å². The van der Waals surface area contributed by atoms with Gasteiger partial charge in [0.15, 0.2) is 9.84 Å². The fourth-order valence-corrected chi connectivity index (χ4v) is 5.15. The summed E-state index contributed by atoms with van der Waals surface area (Å²) in [7, 11) is -3.32. The van der Waals surface area contributed by atoms with Crippen LogP contribution in [0.3, 0.4) is 0 Å². The Balaban J connectivity index is 2.09. The molecule has 0 aliphatic carbocycles. The summed E-state index contributed by atoms with van der Waals surface area (Å²) in [6.45, 7) is 5.42. The summed E-state index contributed by atoms with van der Waals surface area (Å²) in [5.74, 6) is -1.20. The maximum absolute atomic E-state index is 13.2. The van der Waals surface area contributed by atoms with E-state index in [2.05, 4.69) is 6.58 Å². The number of carbonyl (C=O) groups excluding carboxylic acids is 2. The van der Waals surface area contributed by atoms with Gasteiger partial charge < -0.3 is 4.74 Å². The van der Waals surface area contributed by atoms with E-state index in [1.807, 2.05) is 6.07 Å². The minimum Gasteiger partial charge on any atom is -0.489 e. The maximum Gasteiger partial charge on any atom is 0.271 e. The molecular weight excluding hydrogens is 392 g/mol. The molecule has 1 unspecified atom stereocenters. The average Bonchev–Trinajstić information content (AvgIpc) is 3.04. The molecule has 0 N–H and O–H groups in total. The van der Waals surface area contributed by atoms with Crippen LogP contribution in [0.2, 0.25) is 0 Å². The third kappa shape index (κ3) is 4.00. The first kappa shape index (κ1) is 20.6. The standard InChI is InChI=1S/C21H20N2O5S/c1-3-9-28-19-7-5-4-6-15(19)11-17-14(2)18(12-22)21(25)23(20(17)24)16-8-10-29(26,27)13-16/h3-7,11,16H,1,8-10,13H2,2H3. The van der Waals surface area contributed by atoms with Gasteiger partial charge in [0.05, 0.1) is 17.5 Å². The highest BCUT2D eigenvalue weighted by atomic mass is 32.2. The second-order valence-electron chi connectivity index (χ2n) is 6.84. The van der Waals surface area contributed by atoms with Crippen molar-refractivity contribution in [3.8, 4) is 11.8 Å². The molecule has 29 heavy (non-hydrogen) atoms. The van der Waals surface area contributed by atoms with Crippen molar-refractivity contribution in [2.24, 2.45) is 0 Å². The lowest BCUT2D eigenvalue weighted by atomic mass is 9.92. The normalized spacial score (nSPS) is 22.7. The van der Waals surface area contributed by atoms with Gasteiger partial charge in [0.1, 0.15) is 24.0 Å². The van der Waals surface area contributed by atoms with Crippen LogP contribution < -0.4 is 4.74 Å². The molecule has 1 fully saturated rings. The third-order valence-corrected chi connectivity index (χ3v) is 6.67. The van der Waals surface area contributed by atoms with E-state index in [-0.39, 0.29) is 41.3 Å². The molecule has 2 heterocycles. The number of benzene rings is 1. The zero-order valence-corrected chi connectivity index (χ0v) is 16.7. The highest BCUT2D eigenvalue weighted by Gasteiger charge is 2.43. The number of nitrogens with zero attached hydrogens (tertiary/aromatic N) is 2. The van der Waals surface area contributed by atoms with Crippen molar-refractivity contribution in [3.05, 3.63) is 59.2 Å². The van der Waals surface area contributed by atoms with Gasteiger partial charge in [-0.15, -0.1) is 0 Å². The molecule has 3 rings (SSSR count). The molecule has 1 atom stereocenters. The number of ether oxygens (including phenoxy) is 1. The van der Waals surface area contributed by atoms with Crippen LogP contribution in [0.5, 0.6) is 5.75 Å². The molecule has 0 saturated carbocycles. The highest BCUT2D eigenvalue weighted by Crippen LogP contribution is 2.32. The van der Waals surface area contributed by atoms with E-state index in [0.717, 1.165) is 4.90 Å². The van der Waals surface area contributed by atoms with Crippen molar-refractivity contribution >= 4 is 27.7 Å². The molecule has 0 spiro atoms. The van der Waals surface area contributed by atoms with Crippen molar-refractivity contribution in [1.29, 1.82) is 5.26 Å². The Morgan fingerprint density at radius 1 is 1.31 bits per heavy atom. The molecule has 8 heteroatoms. The quantitative estimate of drug-likeness (QED) is 0.416. The van der Waals surface area contributed by atoms with Crippen LogP contribution in [-0.4, -0.2) is 49.3 Å². The van der Waals surface area contributed by atoms with E-state index in [1.54, 1.807) is 36.4 Å². The molecule has 1 saturated heterocycles. The Morgan fingerprint density at radius 2 is 2.03 bits per heavy atom. The van der Waals surface area contributed by atoms with Gasteiger partial charge in [-0.2, -0.15) is 5.26 Å². The van der Waals surface area contributed by atoms with Crippen LogP contribution in [0, 0.1) is 11.3 Å². The Morgan fingerprint density at radius 3 is 2.66 bits per heavy atom. The monoisotopic (exact) mass is 412 g/mol. The first-order chi connectivity index (χ1) is 13.8. The summed E-state index contributed by atoms with van der Waals surface area (Å²) in [6, 6.07) is 8.14. The van der Waals surface area contributed by atoms with Gasteiger partial charge >= 0.3 is 0 Å². The lowest BCUT2D eigenvalue weighted by molar-refractivity contribution is -0.142. The smallest absolute Gasteiger partial charge is 0.271 e. The number of sulfone groups is 1. The molecule has 0 bridgehead atoms. The van der Waals surface area contributed by atoms with Crippen molar-refractivity contribution in [2.75, 3.05) is 18.1 Å². The maximum atomic E-state index is 13.2. The second-order valence-corrected chi connectivity index (χ2v) is 9.07. The van der Waals surface area contributed by atoms with Crippen molar-refractivity contribution in [1.82, 2.24) is 4.90 Å². The molecule has 1 aromatic carbocycles. The summed E-state index contributed by atoms with van der Waals surface area (Å²) in [6.07, 6.45) is 3.33. The Labute approximate surface area is 169 Å². The third-order valence-electron chi connectivity index (χ3n) is 4.92. The molecule has 1 aromatic rings. The fraction of sp³-hybridized carbons (Fsp3) is 0.286. The zero-order chi connectivity index (χ0) is 21.2. The van der Waals surface area contributed by atoms with Crippen LogP contribution >= 0.6 is 0 Å². The van der Waals surface area contributed by atoms with Crippen molar-refractivity contribution in [3.63, 3.8) is 0 Å². The molecule has 7 nitrogen and oxygen atoms in total. The predicted octanol–water partition coefficient (Wildman–Crippen LogP) is 2.03. The number of hydrogen-bond donors (Lipinski definition) is 0. The van der Waals surface area contributed by atoms with Crippen LogP contribution in [-0.2, 0) is 19.4 Å². The Kier molecular flexibility index (Phi) is 5.71. The molecule has 0 radical (unpaired) electrons. The minimum atomic E-state index is -3.32. The molecular formula is C21H20N2O5S. The first-order valence-electron chi connectivity index (χ1n) is 9.03. The summed E-state index contributed by atoms with van der Waals surface area (Å²) < 4.78 is 29.3. The lowest BCUT2D eigenvalue weighted by Gasteiger charge is -2.31. The van der Waals surface area contributed by atoms with Gasteiger partial charge in [0.25, 0.3) is 11.8 Å². The minimum absolute atomic E-state index is 0.0867. The van der Waals surface area contributed by atoms with Gasteiger partial charge in [-0.25, -0.2) is 8.42 Å². The number of nitriles is 1. The fourth-order valence-electron chi connectivity index (χ4n) is 3.45. The van der Waals surface area contributed by atoms with Crippen molar-refractivity contribution < 1.29 is 22.7 Å². The van der Waals surface area contributed by atoms with E-state index in [1.165, 1.54) is 6.92 Å². The summed E-state index contributed by atoms with van der Waals surface area (Å²) in [5.41, 5.74) is 0.866. The van der Waals surface area contributed by atoms with Gasteiger partial charge in [0, 0.05) is 11.1 Å².